The van der Waals surface area contributed by atoms with Crippen LogP contribution in [0.3, 0.4) is 0 Å². The zero-order valence-electron chi connectivity index (χ0n) is 13.0. The third-order valence-electron chi connectivity index (χ3n) is 3.48. The molecule has 0 saturated heterocycles. The quantitative estimate of drug-likeness (QED) is 0.750. The minimum Gasteiger partial charge on any atom is -0.459 e. The summed E-state index contributed by atoms with van der Waals surface area (Å²) in [5.74, 6) is -0.222. The average molecular weight is 365 g/mol. The van der Waals surface area contributed by atoms with Gasteiger partial charge in [0.1, 0.15) is 0 Å². The predicted octanol–water partition coefficient (Wildman–Crippen LogP) is 2.78. The summed E-state index contributed by atoms with van der Waals surface area (Å²) < 4.78 is 31.7. The number of sulfonamides is 1. The van der Waals surface area contributed by atoms with Crippen LogP contribution < -0.4 is 5.32 Å². The van der Waals surface area contributed by atoms with E-state index in [0.29, 0.717) is 21.9 Å². The largest absolute Gasteiger partial charge is 0.459 e. The smallest absolute Gasteiger partial charge is 0.293 e. The molecule has 126 valence electrons. The summed E-state index contributed by atoms with van der Waals surface area (Å²) in [6.45, 7) is 2.15. The van der Waals surface area contributed by atoms with Crippen LogP contribution in [0.5, 0.6) is 0 Å². The van der Waals surface area contributed by atoms with Gasteiger partial charge in [0, 0.05) is 13.6 Å². The van der Waals surface area contributed by atoms with Crippen LogP contribution in [-0.2, 0) is 10.0 Å². The second kappa shape index (κ2) is 6.34. The molecule has 1 N–H and O–H groups in total. The molecule has 0 unspecified atom stereocenters. The van der Waals surface area contributed by atoms with Crippen molar-refractivity contribution in [3.8, 4) is 0 Å². The highest BCUT2D eigenvalue weighted by Crippen LogP contribution is 2.29. The van der Waals surface area contributed by atoms with E-state index in [1.165, 1.54) is 35.0 Å². The number of benzene rings is 1. The predicted molar refractivity (Wildman–Crippen MR) is 91.8 cm³/mol. The van der Waals surface area contributed by atoms with E-state index >= 15 is 0 Å². The SMILES string of the molecule is CCN(C)S(=O)(=O)c1ccc2nc(NC(=O)c3ccco3)sc2c1. The molecule has 0 aliphatic heterocycles. The molecule has 2 heterocycles. The van der Waals surface area contributed by atoms with Crippen molar-refractivity contribution in [3.05, 3.63) is 42.4 Å². The van der Waals surface area contributed by atoms with Crippen molar-refractivity contribution in [1.82, 2.24) is 9.29 Å². The molecule has 0 aliphatic rings. The number of amides is 1. The van der Waals surface area contributed by atoms with Gasteiger partial charge in [-0.15, -0.1) is 0 Å². The second-order valence-electron chi connectivity index (χ2n) is 5.00. The van der Waals surface area contributed by atoms with Crippen LogP contribution in [0.1, 0.15) is 17.5 Å². The zero-order valence-corrected chi connectivity index (χ0v) is 14.6. The van der Waals surface area contributed by atoms with E-state index in [0.717, 1.165) is 0 Å². The van der Waals surface area contributed by atoms with Crippen molar-refractivity contribution >= 4 is 42.6 Å². The Morgan fingerprint density at radius 2 is 2.17 bits per heavy atom. The van der Waals surface area contributed by atoms with E-state index in [1.807, 2.05) is 0 Å². The summed E-state index contributed by atoms with van der Waals surface area (Å²) >= 11 is 1.20. The lowest BCUT2D eigenvalue weighted by molar-refractivity contribution is 0.0996. The molecule has 7 nitrogen and oxygen atoms in total. The molecule has 0 atom stereocenters. The molecular formula is C15H15N3O4S2. The number of carbonyl (C=O) groups is 1. The third kappa shape index (κ3) is 3.05. The minimum absolute atomic E-state index is 0.182. The van der Waals surface area contributed by atoms with Gasteiger partial charge in [-0.05, 0) is 30.3 Å². The molecule has 3 aromatic rings. The van der Waals surface area contributed by atoms with Crippen LogP contribution in [0.4, 0.5) is 5.13 Å². The van der Waals surface area contributed by atoms with Crippen molar-refractivity contribution in [2.45, 2.75) is 11.8 Å². The van der Waals surface area contributed by atoms with Crippen molar-refractivity contribution in [2.75, 3.05) is 18.9 Å². The van der Waals surface area contributed by atoms with Gasteiger partial charge in [0.2, 0.25) is 10.0 Å². The Bertz CT molecular complexity index is 977. The summed E-state index contributed by atoms with van der Waals surface area (Å²) in [5.41, 5.74) is 0.618. The van der Waals surface area contributed by atoms with Gasteiger partial charge in [0.25, 0.3) is 5.91 Å². The molecule has 3 rings (SSSR count). The lowest BCUT2D eigenvalue weighted by Crippen LogP contribution is -2.26. The van der Waals surface area contributed by atoms with Gasteiger partial charge in [-0.2, -0.15) is 0 Å². The number of hydrogen-bond donors (Lipinski definition) is 1. The molecule has 24 heavy (non-hydrogen) atoms. The van der Waals surface area contributed by atoms with Gasteiger partial charge in [0.05, 0.1) is 21.4 Å². The molecule has 0 spiro atoms. The second-order valence-corrected chi connectivity index (χ2v) is 8.07. The Labute approximate surface area is 143 Å². The number of fused-ring (bicyclic) bond motifs is 1. The number of aromatic nitrogens is 1. The van der Waals surface area contributed by atoms with Crippen LogP contribution in [0, 0.1) is 0 Å². The normalized spacial score (nSPS) is 12.0. The number of nitrogens with zero attached hydrogens (tertiary/aromatic N) is 2. The van der Waals surface area contributed by atoms with Crippen molar-refractivity contribution in [1.29, 1.82) is 0 Å². The van der Waals surface area contributed by atoms with Gasteiger partial charge in [0.15, 0.2) is 10.9 Å². The fourth-order valence-corrected chi connectivity index (χ4v) is 4.22. The Balaban J connectivity index is 1.91. The van der Waals surface area contributed by atoms with Gasteiger partial charge < -0.3 is 4.42 Å². The van der Waals surface area contributed by atoms with Crippen molar-refractivity contribution in [3.63, 3.8) is 0 Å². The number of hydrogen-bond acceptors (Lipinski definition) is 6. The molecule has 0 radical (unpaired) electrons. The number of anilines is 1. The molecule has 1 aromatic carbocycles. The van der Waals surface area contributed by atoms with Gasteiger partial charge in [-0.25, -0.2) is 17.7 Å². The fraction of sp³-hybridized carbons (Fsp3) is 0.200. The first-order valence-corrected chi connectivity index (χ1v) is 9.39. The van der Waals surface area contributed by atoms with Crippen LogP contribution in [0.25, 0.3) is 10.2 Å². The van der Waals surface area contributed by atoms with Crippen molar-refractivity contribution < 1.29 is 17.6 Å². The average Bonchev–Trinajstić information content (AvgIpc) is 3.22. The number of carbonyl (C=O) groups excluding carboxylic acids is 1. The van der Waals surface area contributed by atoms with E-state index in [4.69, 9.17) is 4.42 Å². The van der Waals surface area contributed by atoms with E-state index < -0.39 is 15.9 Å². The Hall–Kier alpha value is -2.23. The van der Waals surface area contributed by atoms with E-state index in [9.17, 15) is 13.2 Å². The third-order valence-corrected chi connectivity index (χ3v) is 6.34. The highest BCUT2D eigenvalue weighted by Gasteiger charge is 2.20. The highest BCUT2D eigenvalue weighted by atomic mass is 32.2. The Kier molecular flexibility index (Phi) is 4.39. The lowest BCUT2D eigenvalue weighted by atomic mass is 10.3. The summed E-state index contributed by atoms with van der Waals surface area (Å²) in [6.07, 6.45) is 1.41. The molecule has 0 aliphatic carbocycles. The maximum absolute atomic E-state index is 12.4. The maximum atomic E-state index is 12.4. The first kappa shape index (κ1) is 16.6. The van der Waals surface area contributed by atoms with E-state index in [2.05, 4.69) is 10.3 Å². The molecule has 0 bridgehead atoms. The Morgan fingerprint density at radius 1 is 1.38 bits per heavy atom. The number of rotatable bonds is 5. The molecule has 0 fully saturated rings. The number of thiazole rings is 1. The fourth-order valence-electron chi connectivity index (χ4n) is 2.04. The minimum atomic E-state index is -3.52. The molecular weight excluding hydrogens is 350 g/mol. The summed E-state index contributed by atoms with van der Waals surface area (Å²) in [6, 6.07) is 7.88. The monoisotopic (exact) mass is 365 g/mol. The lowest BCUT2D eigenvalue weighted by Gasteiger charge is -2.14. The van der Waals surface area contributed by atoms with Gasteiger partial charge >= 0.3 is 0 Å². The van der Waals surface area contributed by atoms with Gasteiger partial charge in [-0.1, -0.05) is 18.3 Å². The summed E-state index contributed by atoms with van der Waals surface area (Å²) in [7, 11) is -1.99. The summed E-state index contributed by atoms with van der Waals surface area (Å²) in [5, 5.41) is 3.02. The molecule has 2 aromatic heterocycles. The Morgan fingerprint density at radius 3 is 2.83 bits per heavy atom. The van der Waals surface area contributed by atoms with Crippen molar-refractivity contribution in [2.24, 2.45) is 0 Å². The molecule has 1 amide bonds. The van der Waals surface area contributed by atoms with Crippen LogP contribution >= 0.6 is 11.3 Å². The highest BCUT2D eigenvalue weighted by molar-refractivity contribution is 7.89. The summed E-state index contributed by atoms with van der Waals surface area (Å²) in [4.78, 5) is 16.5. The molecule has 9 heteroatoms. The standard InChI is InChI=1S/C15H15N3O4S2/c1-3-18(2)24(20,21)10-6-7-11-13(9-10)23-15(16-11)17-14(19)12-5-4-8-22-12/h4-9H,3H2,1-2H3,(H,16,17,19). The number of nitrogens with one attached hydrogen (secondary N) is 1. The maximum Gasteiger partial charge on any atom is 0.293 e. The van der Waals surface area contributed by atoms with E-state index in [-0.39, 0.29) is 10.7 Å². The molecule has 0 saturated carbocycles. The van der Waals surface area contributed by atoms with Crippen LogP contribution in [0.15, 0.2) is 45.9 Å². The van der Waals surface area contributed by atoms with E-state index in [1.54, 1.807) is 31.2 Å². The van der Waals surface area contributed by atoms with Crippen LogP contribution in [0.2, 0.25) is 0 Å². The first-order chi connectivity index (χ1) is 11.4. The van der Waals surface area contributed by atoms with Gasteiger partial charge in [-0.3, -0.25) is 10.1 Å². The topological polar surface area (TPSA) is 92.5 Å². The number of furan rings is 1. The first-order valence-electron chi connectivity index (χ1n) is 7.13. The zero-order chi connectivity index (χ0) is 17.3. The van der Waals surface area contributed by atoms with Crippen LogP contribution in [-0.4, -0.2) is 37.2 Å².